The van der Waals surface area contributed by atoms with Crippen LogP contribution in [0.1, 0.15) is 16.2 Å². The van der Waals surface area contributed by atoms with Crippen molar-refractivity contribution in [3.8, 4) is 0 Å². The van der Waals surface area contributed by atoms with E-state index in [1.165, 1.54) is 20.3 Å². The van der Waals surface area contributed by atoms with Crippen molar-refractivity contribution >= 4 is 17.8 Å². The molecule has 10 nitrogen and oxygen atoms in total. The van der Waals surface area contributed by atoms with E-state index in [4.69, 9.17) is 19.1 Å². The Labute approximate surface area is 132 Å². The topological polar surface area (TPSA) is 140 Å². The fraction of sp³-hybridized carbons (Fsp3) is 0.538. The number of hydrogen-bond donors (Lipinski definition) is 3. The zero-order valence-electron chi connectivity index (χ0n) is 13.0. The van der Waals surface area contributed by atoms with Crippen LogP contribution in [0.5, 0.6) is 0 Å². The number of ether oxygens (including phenoxy) is 2. The van der Waals surface area contributed by atoms with Gasteiger partial charge in [0.2, 0.25) is 5.91 Å². The van der Waals surface area contributed by atoms with Crippen molar-refractivity contribution in [2.24, 2.45) is 0 Å². The molecule has 0 radical (unpaired) electrons. The van der Waals surface area contributed by atoms with Crippen LogP contribution in [0.3, 0.4) is 0 Å². The van der Waals surface area contributed by atoms with Crippen molar-refractivity contribution < 1.29 is 33.5 Å². The molecule has 0 aliphatic heterocycles. The smallest absolute Gasteiger partial charge is 0.328 e. The highest BCUT2D eigenvalue weighted by atomic mass is 16.5. The molecule has 0 aliphatic rings. The normalized spacial score (nSPS) is 13.2. The molecule has 0 bridgehead atoms. The molecule has 128 valence electrons. The molecule has 0 saturated carbocycles. The van der Waals surface area contributed by atoms with Crippen molar-refractivity contribution in [1.29, 1.82) is 0 Å². The number of carbonyl (C=O) groups is 3. The maximum absolute atomic E-state index is 12.1. The molecule has 3 N–H and O–H groups in total. The second-order valence-corrected chi connectivity index (χ2v) is 4.66. The van der Waals surface area contributed by atoms with Crippen molar-refractivity contribution in [2.45, 2.75) is 19.0 Å². The van der Waals surface area contributed by atoms with E-state index >= 15 is 0 Å². The van der Waals surface area contributed by atoms with E-state index in [0.29, 0.717) is 5.76 Å². The van der Waals surface area contributed by atoms with Gasteiger partial charge in [-0.05, 0) is 6.92 Å². The predicted octanol–water partition coefficient (Wildman–Crippen LogP) is -1.06. The minimum atomic E-state index is -1.25. The molecule has 0 unspecified atom stereocenters. The van der Waals surface area contributed by atoms with Gasteiger partial charge in [0.15, 0.2) is 11.7 Å². The van der Waals surface area contributed by atoms with E-state index in [2.05, 4.69) is 15.8 Å². The van der Waals surface area contributed by atoms with Gasteiger partial charge in [-0.2, -0.15) is 0 Å². The van der Waals surface area contributed by atoms with Crippen LogP contribution < -0.4 is 10.6 Å². The van der Waals surface area contributed by atoms with Gasteiger partial charge in [-0.15, -0.1) is 0 Å². The van der Waals surface area contributed by atoms with Crippen LogP contribution in [0.2, 0.25) is 0 Å². The number of carbonyl (C=O) groups excluding carboxylic acids is 2. The second-order valence-electron chi connectivity index (χ2n) is 4.66. The summed E-state index contributed by atoms with van der Waals surface area (Å²) in [5.41, 5.74) is 0.00285. The Kier molecular flexibility index (Phi) is 7.16. The molecule has 1 rings (SSSR count). The Morgan fingerprint density at radius 3 is 2.30 bits per heavy atom. The van der Waals surface area contributed by atoms with Crippen LogP contribution in [-0.4, -0.2) is 67.6 Å². The zero-order chi connectivity index (χ0) is 17.4. The number of aliphatic carboxylic acids is 1. The molecule has 1 heterocycles. The van der Waals surface area contributed by atoms with Crippen LogP contribution in [0.4, 0.5) is 0 Å². The van der Waals surface area contributed by atoms with Gasteiger partial charge >= 0.3 is 5.97 Å². The first-order chi connectivity index (χ1) is 10.9. The van der Waals surface area contributed by atoms with Crippen molar-refractivity contribution in [1.82, 2.24) is 15.8 Å². The first-order valence-electron chi connectivity index (χ1n) is 6.64. The highest BCUT2D eigenvalue weighted by Gasteiger charge is 2.27. The molecule has 0 aliphatic carbocycles. The summed E-state index contributed by atoms with van der Waals surface area (Å²) in [5, 5.41) is 17.2. The van der Waals surface area contributed by atoms with E-state index in [1.54, 1.807) is 6.92 Å². The number of aromatic nitrogens is 1. The van der Waals surface area contributed by atoms with Crippen LogP contribution in [0.25, 0.3) is 0 Å². The third-order valence-corrected chi connectivity index (χ3v) is 2.76. The van der Waals surface area contributed by atoms with Gasteiger partial charge in [0.25, 0.3) is 5.91 Å². The lowest BCUT2D eigenvalue weighted by Crippen LogP contribution is -2.54. The van der Waals surface area contributed by atoms with Crippen molar-refractivity contribution in [3.05, 3.63) is 17.5 Å². The van der Waals surface area contributed by atoms with Crippen LogP contribution in [0, 0.1) is 6.92 Å². The summed E-state index contributed by atoms with van der Waals surface area (Å²) in [6.07, 6.45) is 0. The third kappa shape index (κ3) is 5.68. The first kappa shape index (κ1) is 18.6. The monoisotopic (exact) mass is 329 g/mol. The van der Waals surface area contributed by atoms with E-state index in [0.717, 1.165) is 0 Å². The fourth-order valence-electron chi connectivity index (χ4n) is 1.67. The number of aryl methyl sites for hydroxylation is 1. The van der Waals surface area contributed by atoms with E-state index < -0.39 is 29.9 Å². The highest BCUT2D eigenvalue weighted by Crippen LogP contribution is 2.02. The van der Waals surface area contributed by atoms with Crippen molar-refractivity contribution in [2.75, 3.05) is 27.4 Å². The Morgan fingerprint density at radius 2 is 1.83 bits per heavy atom. The van der Waals surface area contributed by atoms with Crippen molar-refractivity contribution in [3.63, 3.8) is 0 Å². The first-order valence-corrected chi connectivity index (χ1v) is 6.64. The lowest BCUT2D eigenvalue weighted by molar-refractivity contribution is -0.143. The summed E-state index contributed by atoms with van der Waals surface area (Å²) >= 11 is 0. The molecule has 1 aromatic rings. The number of carboxylic acids is 1. The van der Waals surface area contributed by atoms with Gasteiger partial charge in [-0.3, -0.25) is 9.59 Å². The molecule has 0 fully saturated rings. The summed E-state index contributed by atoms with van der Waals surface area (Å²) in [4.78, 5) is 35.1. The number of nitrogens with one attached hydrogen (secondary N) is 2. The minimum absolute atomic E-state index is 0.00285. The maximum atomic E-state index is 12.1. The highest BCUT2D eigenvalue weighted by molar-refractivity contribution is 5.96. The van der Waals surface area contributed by atoms with Gasteiger partial charge < -0.3 is 29.7 Å². The lowest BCUT2D eigenvalue weighted by Gasteiger charge is -2.20. The molecular weight excluding hydrogens is 310 g/mol. The average Bonchev–Trinajstić information content (AvgIpc) is 2.92. The van der Waals surface area contributed by atoms with Gasteiger partial charge in [0.05, 0.1) is 13.2 Å². The molecule has 0 aromatic carbocycles. The molecule has 10 heteroatoms. The standard InChI is InChI=1S/C13H19N3O7/c1-7-4-8(16-23-7)11(17)14-9(5-21-2)12(18)15-10(6-22-3)13(19)20/h4,9-10H,5-6H2,1-3H3,(H,14,17)(H,15,18)(H,19,20)/t9-,10-/m0/s1. The number of rotatable bonds is 9. The minimum Gasteiger partial charge on any atom is -0.480 e. The van der Waals surface area contributed by atoms with Gasteiger partial charge in [-0.1, -0.05) is 5.16 Å². The van der Waals surface area contributed by atoms with Crippen LogP contribution in [-0.2, 0) is 19.1 Å². The number of carboxylic acid groups (broad SMARTS) is 1. The van der Waals surface area contributed by atoms with Gasteiger partial charge in [0.1, 0.15) is 11.8 Å². The Bertz CT molecular complexity index is 558. The van der Waals surface area contributed by atoms with Gasteiger partial charge in [0, 0.05) is 20.3 Å². The molecule has 0 saturated heterocycles. The summed E-state index contributed by atoms with van der Waals surface area (Å²) < 4.78 is 14.4. The maximum Gasteiger partial charge on any atom is 0.328 e. The predicted molar refractivity (Wildman–Crippen MR) is 75.8 cm³/mol. The molecule has 23 heavy (non-hydrogen) atoms. The molecule has 2 amide bonds. The largest absolute Gasteiger partial charge is 0.480 e. The Hall–Kier alpha value is -2.46. The number of amides is 2. The van der Waals surface area contributed by atoms with Gasteiger partial charge in [-0.25, -0.2) is 4.79 Å². The lowest BCUT2D eigenvalue weighted by atomic mass is 10.2. The zero-order valence-corrected chi connectivity index (χ0v) is 13.0. The Balaban J connectivity index is 2.74. The SMILES string of the molecule is COC[C@H](NC(=O)[C@H](COC)NC(=O)c1cc(C)on1)C(=O)O. The van der Waals surface area contributed by atoms with E-state index in [9.17, 15) is 14.4 Å². The second kappa shape index (κ2) is 8.86. The summed E-state index contributed by atoms with van der Waals surface area (Å²) in [7, 11) is 2.65. The van der Waals surface area contributed by atoms with Crippen LogP contribution >= 0.6 is 0 Å². The average molecular weight is 329 g/mol. The molecular formula is C13H19N3O7. The molecule has 2 atom stereocenters. The quantitative estimate of drug-likeness (QED) is 0.521. The third-order valence-electron chi connectivity index (χ3n) is 2.76. The van der Waals surface area contributed by atoms with E-state index in [-0.39, 0.29) is 18.9 Å². The van der Waals surface area contributed by atoms with Crippen LogP contribution in [0.15, 0.2) is 10.6 Å². The molecule has 0 spiro atoms. The molecule has 1 aromatic heterocycles. The number of methoxy groups -OCH3 is 2. The Morgan fingerprint density at radius 1 is 1.22 bits per heavy atom. The summed E-state index contributed by atoms with van der Waals surface area (Å²) in [6, 6.07) is -0.927. The number of hydrogen-bond acceptors (Lipinski definition) is 7. The number of nitrogens with zero attached hydrogens (tertiary/aromatic N) is 1. The summed E-state index contributed by atoms with van der Waals surface area (Å²) in [6.45, 7) is 1.26. The van der Waals surface area contributed by atoms with E-state index in [1.807, 2.05) is 0 Å². The fourth-order valence-corrected chi connectivity index (χ4v) is 1.67. The summed E-state index contributed by atoms with van der Waals surface area (Å²) in [5.74, 6) is -2.17.